The lowest BCUT2D eigenvalue weighted by molar-refractivity contribution is -0.145. The number of carbonyl (C=O) groups is 2. The van der Waals surface area contributed by atoms with Gasteiger partial charge < -0.3 is 19.5 Å². The first-order valence-corrected chi connectivity index (χ1v) is 6.69. The fourth-order valence-corrected chi connectivity index (χ4v) is 2.54. The molecule has 1 heterocycles. The Kier molecular flexibility index (Phi) is 4.47. The van der Waals surface area contributed by atoms with E-state index in [4.69, 9.17) is 9.47 Å². The Morgan fingerprint density at radius 2 is 2.05 bits per heavy atom. The van der Waals surface area contributed by atoms with E-state index in [-0.39, 0.29) is 18.9 Å². The van der Waals surface area contributed by atoms with Gasteiger partial charge in [-0.05, 0) is 19.1 Å². The number of ether oxygens (including phenoxy) is 2. The van der Waals surface area contributed by atoms with Crippen molar-refractivity contribution in [1.29, 1.82) is 0 Å². The fraction of sp³-hybridized carbons (Fsp3) is 0.467. The van der Waals surface area contributed by atoms with Crippen LogP contribution >= 0.6 is 0 Å². The Balaban J connectivity index is 2.34. The average Bonchev–Trinajstić information content (AvgIpc) is 2.87. The van der Waals surface area contributed by atoms with Crippen molar-refractivity contribution in [2.45, 2.75) is 25.5 Å². The lowest BCUT2D eigenvalue weighted by Gasteiger charge is -2.23. The minimum absolute atomic E-state index is 0.107. The van der Waals surface area contributed by atoms with Gasteiger partial charge in [-0.25, -0.2) is 4.79 Å². The van der Waals surface area contributed by atoms with Gasteiger partial charge in [-0.3, -0.25) is 4.79 Å². The molecule has 1 aromatic carbocycles. The van der Waals surface area contributed by atoms with E-state index in [1.54, 1.807) is 12.1 Å². The molecular weight excluding hydrogens is 274 g/mol. The summed E-state index contributed by atoms with van der Waals surface area (Å²) in [5.41, 5.74) is 1.29. The molecule has 1 amide bonds. The van der Waals surface area contributed by atoms with Crippen LogP contribution in [-0.4, -0.2) is 54.8 Å². The molecule has 0 spiro atoms. The molecule has 1 aliphatic rings. The zero-order valence-electron chi connectivity index (χ0n) is 12.3. The Morgan fingerprint density at radius 3 is 2.67 bits per heavy atom. The lowest BCUT2D eigenvalue weighted by atomic mass is 10.1. The average molecular weight is 293 g/mol. The molecule has 1 saturated heterocycles. The summed E-state index contributed by atoms with van der Waals surface area (Å²) < 4.78 is 9.91. The van der Waals surface area contributed by atoms with Gasteiger partial charge in [0.25, 0.3) is 5.91 Å². The van der Waals surface area contributed by atoms with Gasteiger partial charge in [-0.2, -0.15) is 0 Å². The van der Waals surface area contributed by atoms with E-state index < -0.39 is 18.1 Å². The summed E-state index contributed by atoms with van der Waals surface area (Å²) >= 11 is 0. The van der Waals surface area contributed by atoms with Gasteiger partial charge in [0.05, 0.1) is 25.9 Å². The maximum atomic E-state index is 12.7. The second-order valence-corrected chi connectivity index (χ2v) is 5.09. The summed E-state index contributed by atoms with van der Waals surface area (Å²) in [4.78, 5) is 25.8. The molecule has 0 aliphatic carbocycles. The Bertz CT molecular complexity index is 557. The van der Waals surface area contributed by atoms with Crippen LogP contribution in [-0.2, 0) is 9.53 Å². The summed E-state index contributed by atoms with van der Waals surface area (Å²) in [5.74, 6) is -0.426. The SMILES string of the molecule is COC(=O)C1CC(O)CN1C(=O)c1cc(C)ccc1OC. The van der Waals surface area contributed by atoms with E-state index in [1.165, 1.54) is 19.1 Å². The molecule has 6 nitrogen and oxygen atoms in total. The van der Waals surface area contributed by atoms with E-state index in [0.717, 1.165) is 5.56 Å². The van der Waals surface area contributed by atoms with Gasteiger partial charge in [-0.1, -0.05) is 11.6 Å². The van der Waals surface area contributed by atoms with Crippen LogP contribution in [0.5, 0.6) is 5.75 Å². The third-order valence-corrected chi connectivity index (χ3v) is 3.60. The molecule has 1 aromatic rings. The minimum Gasteiger partial charge on any atom is -0.496 e. The maximum Gasteiger partial charge on any atom is 0.328 e. The van der Waals surface area contributed by atoms with Gasteiger partial charge in [-0.15, -0.1) is 0 Å². The number of methoxy groups -OCH3 is 2. The number of likely N-dealkylation sites (tertiary alicyclic amines) is 1. The van der Waals surface area contributed by atoms with Crippen molar-refractivity contribution in [1.82, 2.24) is 4.90 Å². The molecule has 0 saturated carbocycles. The number of hydrogen-bond acceptors (Lipinski definition) is 5. The van der Waals surface area contributed by atoms with Crippen molar-refractivity contribution in [3.63, 3.8) is 0 Å². The highest BCUT2D eigenvalue weighted by atomic mass is 16.5. The highest BCUT2D eigenvalue weighted by Crippen LogP contribution is 2.26. The predicted octanol–water partition coefficient (Wildman–Crippen LogP) is 0.752. The molecule has 1 aliphatic heterocycles. The number of hydrogen-bond donors (Lipinski definition) is 1. The number of aryl methyl sites for hydroxylation is 1. The van der Waals surface area contributed by atoms with Gasteiger partial charge >= 0.3 is 5.97 Å². The maximum absolute atomic E-state index is 12.7. The van der Waals surface area contributed by atoms with Crippen LogP contribution in [0.25, 0.3) is 0 Å². The van der Waals surface area contributed by atoms with Crippen LogP contribution in [0.4, 0.5) is 0 Å². The summed E-state index contributed by atoms with van der Waals surface area (Å²) in [7, 11) is 2.75. The number of rotatable bonds is 3. The first-order chi connectivity index (χ1) is 9.97. The number of nitrogens with zero attached hydrogens (tertiary/aromatic N) is 1. The molecule has 0 radical (unpaired) electrons. The van der Waals surface area contributed by atoms with Crippen LogP contribution in [0, 0.1) is 6.92 Å². The van der Waals surface area contributed by atoms with Crippen LogP contribution in [0.2, 0.25) is 0 Å². The fourth-order valence-electron chi connectivity index (χ4n) is 2.54. The molecule has 0 bridgehead atoms. The first-order valence-electron chi connectivity index (χ1n) is 6.69. The summed E-state index contributed by atoms with van der Waals surface area (Å²) in [6.45, 7) is 1.97. The third-order valence-electron chi connectivity index (χ3n) is 3.60. The second-order valence-electron chi connectivity index (χ2n) is 5.09. The highest BCUT2D eigenvalue weighted by molar-refractivity contribution is 5.99. The standard InChI is InChI=1S/C15H19NO5/c1-9-4-5-13(20-2)11(6-9)14(18)16-8-10(17)7-12(16)15(19)21-3/h4-6,10,12,17H,7-8H2,1-3H3. The Labute approximate surface area is 123 Å². The zero-order chi connectivity index (χ0) is 15.6. The molecule has 6 heteroatoms. The van der Waals surface area contributed by atoms with Crippen molar-refractivity contribution < 1.29 is 24.2 Å². The smallest absolute Gasteiger partial charge is 0.328 e. The monoisotopic (exact) mass is 293 g/mol. The topological polar surface area (TPSA) is 76.1 Å². The van der Waals surface area contributed by atoms with Gasteiger partial charge in [0.2, 0.25) is 0 Å². The number of amides is 1. The number of β-amino-alcohol motifs (C(OH)–C–C–N with tert-alkyl or cyclic N) is 1. The number of esters is 1. The van der Waals surface area contributed by atoms with Gasteiger partial charge in [0.15, 0.2) is 0 Å². The van der Waals surface area contributed by atoms with Crippen LogP contribution in [0.1, 0.15) is 22.3 Å². The van der Waals surface area contributed by atoms with Crippen LogP contribution in [0.3, 0.4) is 0 Å². The summed E-state index contributed by atoms with van der Waals surface area (Å²) in [6.07, 6.45) is -0.541. The molecule has 2 atom stereocenters. The van der Waals surface area contributed by atoms with Gasteiger partial charge in [0.1, 0.15) is 11.8 Å². The largest absolute Gasteiger partial charge is 0.496 e. The van der Waals surface area contributed by atoms with Crippen LogP contribution < -0.4 is 4.74 Å². The van der Waals surface area contributed by atoms with E-state index in [9.17, 15) is 14.7 Å². The van der Waals surface area contributed by atoms with E-state index >= 15 is 0 Å². The van der Waals surface area contributed by atoms with Crippen molar-refractivity contribution in [3.8, 4) is 5.75 Å². The number of aliphatic hydroxyl groups excluding tert-OH is 1. The molecule has 1 N–H and O–H groups in total. The third kappa shape index (κ3) is 3.00. The van der Waals surface area contributed by atoms with Crippen molar-refractivity contribution in [3.05, 3.63) is 29.3 Å². The molecule has 114 valence electrons. The van der Waals surface area contributed by atoms with Crippen LogP contribution in [0.15, 0.2) is 18.2 Å². The lowest BCUT2D eigenvalue weighted by Crippen LogP contribution is -2.41. The number of aliphatic hydroxyl groups is 1. The minimum atomic E-state index is -0.761. The Hall–Kier alpha value is -2.08. The summed E-state index contributed by atoms with van der Waals surface area (Å²) in [6, 6.07) is 4.50. The van der Waals surface area contributed by atoms with Gasteiger partial charge in [0, 0.05) is 13.0 Å². The second kappa shape index (κ2) is 6.13. The predicted molar refractivity (Wildman–Crippen MR) is 75.2 cm³/mol. The molecule has 0 aromatic heterocycles. The van der Waals surface area contributed by atoms with E-state index in [1.807, 2.05) is 13.0 Å². The quantitative estimate of drug-likeness (QED) is 0.832. The number of carbonyl (C=O) groups excluding carboxylic acids is 2. The first kappa shape index (κ1) is 15.3. The molecule has 2 unspecified atom stereocenters. The molecular formula is C15H19NO5. The van der Waals surface area contributed by atoms with Crippen molar-refractivity contribution >= 4 is 11.9 Å². The zero-order valence-corrected chi connectivity index (χ0v) is 12.3. The van der Waals surface area contributed by atoms with E-state index in [2.05, 4.69) is 0 Å². The molecule has 21 heavy (non-hydrogen) atoms. The number of benzene rings is 1. The molecule has 2 rings (SSSR count). The van der Waals surface area contributed by atoms with Crippen molar-refractivity contribution in [2.75, 3.05) is 20.8 Å². The van der Waals surface area contributed by atoms with E-state index in [0.29, 0.717) is 11.3 Å². The van der Waals surface area contributed by atoms with Crippen molar-refractivity contribution in [2.24, 2.45) is 0 Å². The Morgan fingerprint density at radius 1 is 1.33 bits per heavy atom. The molecule has 1 fully saturated rings. The normalized spacial score (nSPS) is 21.2. The summed E-state index contributed by atoms with van der Waals surface area (Å²) in [5, 5.41) is 9.76. The highest BCUT2D eigenvalue weighted by Gasteiger charge is 2.40.